The normalized spacial score (nSPS) is 13.0. The number of likely N-dealkylation sites (N-methyl/N-ethyl adjacent to an activating group) is 1. The molecule has 3 aromatic rings. The van der Waals surface area contributed by atoms with E-state index in [-0.39, 0.29) is 24.2 Å². The van der Waals surface area contributed by atoms with E-state index >= 15 is 0 Å². The van der Waals surface area contributed by atoms with Crippen LogP contribution >= 0.6 is 11.6 Å². The second kappa shape index (κ2) is 10.0. The van der Waals surface area contributed by atoms with Gasteiger partial charge in [0, 0.05) is 50.5 Å². The Bertz CT molecular complexity index is 1280. The van der Waals surface area contributed by atoms with Gasteiger partial charge in [0.2, 0.25) is 5.91 Å². The largest absolute Gasteiger partial charge is 0.384 e. The van der Waals surface area contributed by atoms with E-state index in [2.05, 4.69) is 15.3 Å². The lowest BCUT2D eigenvalue weighted by Crippen LogP contribution is -2.30. The van der Waals surface area contributed by atoms with Crippen molar-refractivity contribution in [3.8, 4) is 11.3 Å². The number of halogens is 1. The SMILES string of the molecule is CN(C)C(=O)CN/C=C\C(N)=Nc1ncc2c(n1)-c1c(nn(C)c1Cc1ccccc1Cl)CC2. The molecule has 1 aromatic carbocycles. The van der Waals surface area contributed by atoms with E-state index in [1.54, 1.807) is 32.6 Å². The molecule has 2 aromatic heterocycles. The first kappa shape index (κ1) is 23.4. The molecule has 0 radical (unpaired) electrons. The Morgan fingerprint density at radius 3 is 2.88 bits per heavy atom. The van der Waals surface area contributed by atoms with Gasteiger partial charge in [-0.1, -0.05) is 29.8 Å². The minimum absolute atomic E-state index is 0.0435. The molecule has 0 saturated carbocycles. The molecule has 0 atom stereocenters. The summed E-state index contributed by atoms with van der Waals surface area (Å²) in [7, 11) is 5.34. The first-order valence-corrected chi connectivity index (χ1v) is 11.3. The summed E-state index contributed by atoms with van der Waals surface area (Å²) in [5.41, 5.74) is 12.0. The predicted octanol–water partition coefficient (Wildman–Crippen LogP) is 2.40. The number of aryl methyl sites for hydroxylation is 3. The fourth-order valence-corrected chi connectivity index (χ4v) is 4.00. The van der Waals surface area contributed by atoms with Crippen LogP contribution in [-0.2, 0) is 31.1 Å². The molecule has 176 valence electrons. The lowest BCUT2D eigenvalue weighted by atomic mass is 9.91. The van der Waals surface area contributed by atoms with Gasteiger partial charge in [-0.25, -0.2) is 9.97 Å². The van der Waals surface area contributed by atoms with Crippen molar-refractivity contribution in [1.82, 2.24) is 30.0 Å². The maximum atomic E-state index is 11.6. The summed E-state index contributed by atoms with van der Waals surface area (Å²) in [6, 6.07) is 7.82. The van der Waals surface area contributed by atoms with Crippen molar-refractivity contribution < 1.29 is 4.79 Å². The van der Waals surface area contributed by atoms with Gasteiger partial charge < -0.3 is 16.0 Å². The third kappa shape index (κ3) is 5.09. The van der Waals surface area contributed by atoms with Crippen molar-refractivity contribution in [1.29, 1.82) is 0 Å². The maximum absolute atomic E-state index is 11.6. The summed E-state index contributed by atoms with van der Waals surface area (Å²) in [5.74, 6) is 0.451. The van der Waals surface area contributed by atoms with Crippen LogP contribution in [-0.4, -0.2) is 57.0 Å². The molecule has 4 rings (SSSR count). The molecule has 0 aliphatic heterocycles. The van der Waals surface area contributed by atoms with E-state index in [9.17, 15) is 4.79 Å². The topological polar surface area (TPSA) is 114 Å². The molecule has 0 unspecified atom stereocenters. The van der Waals surface area contributed by atoms with Crippen molar-refractivity contribution in [2.45, 2.75) is 19.3 Å². The number of amides is 1. The summed E-state index contributed by atoms with van der Waals surface area (Å²) >= 11 is 6.42. The number of nitrogens with one attached hydrogen (secondary N) is 1. The van der Waals surface area contributed by atoms with Gasteiger partial charge in [0.1, 0.15) is 5.84 Å². The molecule has 34 heavy (non-hydrogen) atoms. The highest BCUT2D eigenvalue weighted by Gasteiger charge is 2.26. The Labute approximate surface area is 203 Å². The van der Waals surface area contributed by atoms with Crippen LogP contribution in [0.15, 0.2) is 47.7 Å². The van der Waals surface area contributed by atoms with Crippen molar-refractivity contribution in [3.05, 3.63) is 70.3 Å². The first-order valence-electron chi connectivity index (χ1n) is 10.9. The standard InChI is InChI=1S/C24H27ClN8O/c1-32(2)21(34)14-27-11-10-20(26)29-24-28-13-16-8-9-18-22(23(16)30-24)19(33(3)31-18)12-15-6-4-5-7-17(15)25/h4-7,10-11,13,27H,8-9,12,14H2,1-3H3,(H2,26,28,29,30)/b11-10-. The quantitative estimate of drug-likeness (QED) is 0.398. The van der Waals surface area contributed by atoms with Crippen LogP contribution < -0.4 is 11.1 Å². The van der Waals surface area contributed by atoms with Gasteiger partial charge in [0.25, 0.3) is 5.95 Å². The Kier molecular flexibility index (Phi) is 6.93. The van der Waals surface area contributed by atoms with Gasteiger partial charge in [-0.2, -0.15) is 10.1 Å². The molecular weight excluding hydrogens is 452 g/mol. The van der Waals surface area contributed by atoms with Crippen LogP contribution in [0.4, 0.5) is 5.95 Å². The number of carbonyl (C=O) groups is 1. The highest BCUT2D eigenvalue weighted by Crippen LogP contribution is 2.36. The molecule has 0 bridgehead atoms. The van der Waals surface area contributed by atoms with E-state index in [1.165, 1.54) is 4.90 Å². The number of rotatable bonds is 7. The van der Waals surface area contributed by atoms with Crippen molar-refractivity contribution in [3.63, 3.8) is 0 Å². The molecular formula is C24H27ClN8O. The minimum atomic E-state index is -0.0435. The van der Waals surface area contributed by atoms with Crippen LogP contribution in [0.25, 0.3) is 11.3 Å². The lowest BCUT2D eigenvalue weighted by Gasteiger charge is -2.16. The number of carbonyl (C=O) groups excluding carboxylic acids is 1. The Balaban J connectivity index is 1.60. The summed E-state index contributed by atoms with van der Waals surface area (Å²) < 4.78 is 1.91. The Morgan fingerprint density at radius 2 is 2.12 bits per heavy atom. The molecule has 1 aliphatic carbocycles. The van der Waals surface area contributed by atoms with Gasteiger partial charge >= 0.3 is 0 Å². The highest BCUT2D eigenvalue weighted by atomic mass is 35.5. The van der Waals surface area contributed by atoms with Gasteiger partial charge in [0.05, 0.1) is 23.6 Å². The number of fused-ring (bicyclic) bond motifs is 3. The fraction of sp³-hybridized carbons (Fsp3) is 0.292. The van der Waals surface area contributed by atoms with E-state index in [1.807, 2.05) is 36.0 Å². The van der Waals surface area contributed by atoms with Crippen LogP contribution in [0.1, 0.15) is 22.5 Å². The number of benzene rings is 1. The molecule has 0 spiro atoms. The molecule has 0 saturated heterocycles. The number of amidine groups is 1. The number of nitrogens with two attached hydrogens (primary N) is 1. The monoisotopic (exact) mass is 478 g/mol. The first-order chi connectivity index (χ1) is 16.3. The average Bonchev–Trinajstić information content (AvgIpc) is 3.13. The summed E-state index contributed by atoms with van der Waals surface area (Å²) in [5, 5.41) is 8.36. The molecule has 2 heterocycles. The fourth-order valence-electron chi connectivity index (χ4n) is 3.80. The third-order valence-electron chi connectivity index (χ3n) is 5.63. The van der Waals surface area contributed by atoms with Crippen molar-refractivity contribution in [2.24, 2.45) is 17.8 Å². The number of aliphatic imine (C=N–C) groups is 1. The Hall–Kier alpha value is -3.72. The number of aromatic nitrogens is 4. The molecule has 10 heteroatoms. The maximum Gasteiger partial charge on any atom is 0.251 e. The zero-order valence-corrected chi connectivity index (χ0v) is 20.2. The summed E-state index contributed by atoms with van der Waals surface area (Å²) in [4.78, 5) is 26.6. The average molecular weight is 479 g/mol. The van der Waals surface area contributed by atoms with E-state index in [0.717, 1.165) is 51.6 Å². The van der Waals surface area contributed by atoms with Crippen molar-refractivity contribution >= 4 is 29.3 Å². The van der Waals surface area contributed by atoms with Crippen LogP contribution in [0.5, 0.6) is 0 Å². The van der Waals surface area contributed by atoms with Crippen molar-refractivity contribution in [2.75, 3.05) is 20.6 Å². The second-order valence-corrected chi connectivity index (χ2v) is 8.65. The zero-order chi connectivity index (χ0) is 24.2. The predicted molar refractivity (Wildman–Crippen MR) is 133 cm³/mol. The lowest BCUT2D eigenvalue weighted by molar-refractivity contribution is -0.127. The van der Waals surface area contributed by atoms with Crippen LogP contribution in [0.2, 0.25) is 5.02 Å². The molecule has 3 N–H and O–H groups in total. The number of hydrogen-bond donors (Lipinski definition) is 2. The number of nitrogens with zero attached hydrogens (tertiary/aromatic N) is 6. The molecule has 1 aliphatic rings. The van der Waals surface area contributed by atoms with Gasteiger partial charge in [-0.05, 0) is 36.1 Å². The number of hydrogen-bond acceptors (Lipinski definition) is 6. The Morgan fingerprint density at radius 1 is 1.32 bits per heavy atom. The minimum Gasteiger partial charge on any atom is -0.384 e. The third-order valence-corrected chi connectivity index (χ3v) is 6.00. The van der Waals surface area contributed by atoms with Crippen LogP contribution in [0.3, 0.4) is 0 Å². The van der Waals surface area contributed by atoms with Gasteiger partial charge in [-0.15, -0.1) is 0 Å². The summed E-state index contributed by atoms with van der Waals surface area (Å²) in [6.45, 7) is 0.171. The van der Waals surface area contributed by atoms with Crippen LogP contribution in [0, 0.1) is 0 Å². The highest BCUT2D eigenvalue weighted by molar-refractivity contribution is 6.31. The van der Waals surface area contributed by atoms with E-state index in [4.69, 9.17) is 27.4 Å². The van der Waals surface area contributed by atoms with E-state index in [0.29, 0.717) is 6.42 Å². The van der Waals surface area contributed by atoms with Gasteiger partial charge in [0.15, 0.2) is 0 Å². The van der Waals surface area contributed by atoms with Gasteiger partial charge in [-0.3, -0.25) is 9.48 Å². The summed E-state index contributed by atoms with van der Waals surface area (Å²) in [6.07, 6.45) is 7.24. The molecule has 0 fully saturated rings. The smallest absolute Gasteiger partial charge is 0.251 e. The molecule has 1 amide bonds. The second-order valence-electron chi connectivity index (χ2n) is 8.24. The zero-order valence-electron chi connectivity index (χ0n) is 19.4. The molecule has 9 nitrogen and oxygen atoms in total. The van der Waals surface area contributed by atoms with E-state index < -0.39 is 0 Å².